The Labute approximate surface area is 206 Å². The van der Waals surface area contributed by atoms with Crippen LogP contribution in [0.5, 0.6) is 0 Å². The number of carbonyl (C=O) groups is 1. The summed E-state index contributed by atoms with van der Waals surface area (Å²) in [5.74, 6) is -0.204. The number of para-hydroxylation sites is 1. The third kappa shape index (κ3) is 5.13. The summed E-state index contributed by atoms with van der Waals surface area (Å²) in [7, 11) is 0. The zero-order valence-corrected chi connectivity index (χ0v) is 20.3. The first kappa shape index (κ1) is 23.2. The molecule has 1 atom stereocenters. The lowest BCUT2D eigenvalue weighted by molar-refractivity contribution is -0.134. The molecule has 0 radical (unpaired) electrons. The summed E-state index contributed by atoms with van der Waals surface area (Å²) in [5.41, 5.74) is 6.11. The Morgan fingerprint density at radius 3 is 2.17 bits per heavy atom. The summed E-state index contributed by atoms with van der Waals surface area (Å²) >= 11 is 0. The molecule has 5 nitrogen and oxygen atoms in total. The second kappa shape index (κ2) is 10.0. The maximum atomic E-state index is 14.2. The highest BCUT2D eigenvalue weighted by molar-refractivity contribution is 6.03. The Morgan fingerprint density at radius 1 is 0.886 bits per heavy atom. The smallest absolute Gasteiger partial charge is 0.257 e. The molecule has 0 spiro atoms. The zero-order valence-electron chi connectivity index (χ0n) is 20.3. The standard InChI is InChI=1S/C29H31FN4O/c1-21-7-11-23(12-8-21)26-19-28(24-13-9-22(2)10-14-24)34(31-26)29(35)20-32-15-17-33(18-16-32)27-6-4-3-5-25(27)30/h3-14,28H,15-20H2,1-2H3. The van der Waals surface area contributed by atoms with Gasteiger partial charge >= 0.3 is 0 Å². The molecule has 0 bridgehead atoms. The van der Waals surface area contributed by atoms with E-state index in [4.69, 9.17) is 5.10 Å². The minimum absolute atomic E-state index is 0.00275. The fraction of sp³-hybridized carbons (Fsp3) is 0.310. The fourth-order valence-corrected chi connectivity index (χ4v) is 4.83. The Hall–Kier alpha value is -3.51. The summed E-state index contributed by atoms with van der Waals surface area (Å²) in [5, 5.41) is 6.51. The van der Waals surface area contributed by atoms with Crippen molar-refractivity contribution in [2.45, 2.75) is 26.3 Å². The highest BCUT2D eigenvalue weighted by Gasteiger charge is 2.34. The van der Waals surface area contributed by atoms with E-state index in [1.807, 2.05) is 12.1 Å². The van der Waals surface area contributed by atoms with E-state index >= 15 is 0 Å². The van der Waals surface area contributed by atoms with E-state index in [9.17, 15) is 9.18 Å². The molecule has 1 unspecified atom stereocenters. The van der Waals surface area contributed by atoms with Gasteiger partial charge in [-0.25, -0.2) is 9.40 Å². The molecule has 1 saturated heterocycles. The van der Waals surface area contributed by atoms with E-state index in [-0.39, 0.29) is 17.8 Å². The lowest BCUT2D eigenvalue weighted by atomic mass is 9.97. The minimum Gasteiger partial charge on any atom is -0.367 e. The average molecular weight is 471 g/mol. The topological polar surface area (TPSA) is 39.2 Å². The molecule has 5 rings (SSSR count). The number of amides is 1. The predicted octanol–water partition coefficient (Wildman–Crippen LogP) is 4.94. The highest BCUT2D eigenvalue weighted by Crippen LogP contribution is 2.33. The summed E-state index contributed by atoms with van der Waals surface area (Å²) in [6.07, 6.45) is 0.693. The van der Waals surface area contributed by atoms with Gasteiger partial charge in [0.1, 0.15) is 5.82 Å². The van der Waals surface area contributed by atoms with Gasteiger partial charge in [0.15, 0.2) is 0 Å². The Balaban J connectivity index is 1.30. The van der Waals surface area contributed by atoms with E-state index in [2.05, 4.69) is 72.2 Å². The third-order valence-electron chi connectivity index (χ3n) is 6.94. The van der Waals surface area contributed by atoms with E-state index in [1.54, 1.807) is 11.1 Å². The SMILES string of the molecule is Cc1ccc(C2=NN(C(=O)CN3CCN(c4ccccc4F)CC3)C(c3ccc(C)cc3)C2)cc1. The molecule has 0 aliphatic carbocycles. The van der Waals surface area contributed by atoms with E-state index in [0.717, 1.165) is 16.8 Å². The van der Waals surface area contributed by atoms with Crippen LogP contribution in [0.1, 0.15) is 34.7 Å². The van der Waals surface area contributed by atoms with Gasteiger partial charge in [0.25, 0.3) is 5.91 Å². The molecule has 180 valence electrons. The van der Waals surface area contributed by atoms with Crippen LogP contribution in [-0.4, -0.2) is 54.3 Å². The lowest BCUT2D eigenvalue weighted by Crippen LogP contribution is -2.49. The molecule has 3 aromatic carbocycles. The Bertz CT molecular complexity index is 1210. The minimum atomic E-state index is -0.201. The molecular formula is C29H31FN4O. The molecule has 35 heavy (non-hydrogen) atoms. The van der Waals surface area contributed by atoms with Gasteiger partial charge in [0.2, 0.25) is 0 Å². The molecule has 2 aliphatic heterocycles. The Morgan fingerprint density at radius 2 is 1.51 bits per heavy atom. The van der Waals surface area contributed by atoms with Crippen LogP contribution < -0.4 is 4.90 Å². The molecule has 3 aromatic rings. The van der Waals surface area contributed by atoms with E-state index in [0.29, 0.717) is 44.8 Å². The number of hydrogen-bond donors (Lipinski definition) is 0. The third-order valence-corrected chi connectivity index (χ3v) is 6.94. The van der Waals surface area contributed by atoms with Gasteiger partial charge in [-0.1, -0.05) is 71.8 Å². The first-order valence-electron chi connectivity index (χ1n) is 12.2. The largest absolute Gasteiger partial charge is 0.367 e. The van der Waals surface area contributed by atoms with Gasteiger partial charge in [-0.15, -0.1) is 0 Å². The molecule has 1 fully saturated rings. The monoisotopic (exact) mass is 470 g/mol. The van der Waals surface area contributed by atoms with Gasteiger partial charge in [-0.05, 0) is 37.1 Å². The number of nitrogens with zero attached hydrogens (tertiary/aromatic N) is 4. The van der Waals surface area contributed by atoms with Crippen LogP contribution in [0.4, 0.5) is 10.1 Å². The van der Waals surface area contributed by atoms with Crippen molar-refractivity contribution in [2.75, 3.05) is 37.6 Å². The van der Waals surface area contributed by atoms with Crippen LogP contribution in [0.15, 0.2) is 77.9 Å². The molecular weight excluding hydrogens is 439 g/mol. The first-order chi connectivity index (χ1) is 17.0. The fourth-order valence-electron chi connectivity index (χ4n) is 4.83. The number of aryl methyl sites for hydroxylation is 2. The van der Waals surface area contributed by atoms with Gasteiger partial charge in [-0.2, -0.15) is 5.10 Å². The van der Waals surface area contributed by atoms with Gasteiger partial charge in [0, 0.05) is 32.6 Å². The Kier molecular flexibility index (Phi) is 6.64. The van der Waals surface area contributed by atoms with Gasteiger partial charge in [0.05, 0.1) is 24.0 Å². The number of piperazine rings is 1. The molecule has 6 heteroatoms. The van der Waals surface area contributed by atoms with Crippen molar-refractivity contribution >= 4 is 17.3 Å². The van der Waals surface area contributed by atoms with Crippen LogP contribution in [0.25, 0.3) is 0 Å². The van der Waals surface area contributed by atoms with Crippen molar-refractivity contribution in [3.8, 4) is 0 Å². The number of anilines is 1. The van der Waals surface area contributed by atoms with Crippen molar-refractivity contribution in [3.63, 3.8) is 0 Å². The first-order valence-corrected chi connectivity index (χ1v) is 12.2. The maximum absolute atomic E-state index is 14.2. The summed E-state index contributed by atoms with van der Waals surface area (Å²) < 4.78 is 14.2. The number of hydrogen-bond acceptors (Lipinski definition) is 4. The normalized spacial score (nSPS) is 18.6. The van der Waals surface area contributed by atoms with Crippen LogP contribution in [0.3, 0.4) is 0 Å². The van der Waals surface area contributed by atoms with Gasteiger partial charge in [-0.3, -0.25) is 9.69 Å². The number of hydrazone groups is 1. The van der Waals surface area contributed by atoms with Crippen LogP contribution in [-0.2, 0) is 4.79 Å². The summed E-state index contributed by atoms with van der Waals surface area (Å²) in [4.78, 5) is 17.7. The van der Waals surface area contributed by atoms with Crippen molar-refractivity contribution in [3.05, 3.63) is 101 Å². The van der Waals surface area contributed by atoms with E-state index in [1.165, 1.54) is 17.2 Å². The van der Waals surface area contributed by atoms with Crippen LogP contribution >= 0.6 is 0 Å². The molecule has 0 aromatic heterocycles. The predicted molar refractivity (Wildman–Crippen MR) is 138 cm³/mol. The van der Waals surface area contributed by atoms with Crippen molar-refractivity contribution < 1.29 is 9.18 Å². The van der Waals surface area contributed by atoms with E-state index < -0.39 is 0 Å². The van der Waals surface area contributed by atoms with Crippen molar-refractivity contribution in [2.24, 2.45) is 5.10 Å². The zero-order chi connectivity index (χ0) is 24.4. The average Bonchev–Trinajstić information content (AvgIpc) is 3.31. The number of halogens is 1. The second-order valence-electron chi connectivity index (χ2n) is 9.50. The quantitative estimate of drug-likeness (QED) is 0.530. The second-order valence-corrected chi connectivity index (χ2v) is 9.50. The molecule has 2 aliphatic rings. The van der Waals surface area contributed by atoms with Crippen molar-refractivity contribution in [1.29, 1.82) is 0 Å². The molecule has 0 N–H and O–H groups in total. The number of carbonyl (C=O) groups excluding carboxylic acids is 1. The summed E-state index contributed by atoms with van der Waals surface area (Å²) in [6, 6.07) is 23.5. The molecule has 1 amide bonds. The maximum Gasteiger partial charge on any atom is 0.257 e. The molecule has 2 heterocycles. The number of benzene rings is 3. The van der Waals surface area contributed by atoms with Crippen molar-refractivity contribution in [1.82, 2.24) is 9.91 Å². The lowest BCUT2D eigenvalue weighted by Gasteiger charge is -2.36. The summed E-state index contributed by atoms with van der Waals surface area (Å²) in [6.45, 7) is 7.22. The van der Waals surface area contributed by atoms with Crippen LogP contribution in [0.2, 0.25) is 0 Å². The molecule has 0 saturated carbocycles. The van der Waals surface area contributed by atoms with Gasteiger partial charge < -0.3 is 4.90 Å². The highest BCUT2D eigenvalue weighted by atomic mass is 19.1. The number of rotatable bonds is 5. The van der Waals surface area contributed by atoms with Crippen LogP contribution in [0, 0.1) is 19.7 Å².